The smallest absolute Gasteiger partial charge is 0.137 e. The molecule has 3 aromatic rings. The summed E-state index contributed by atoms with van der Waals surface area (Å²) in [6, 6.07) is 12.3. The monoisotopic (exact) mass is 386 g/mol. The number of nitrogens with one attached hydrogen (secondary N) is 1. The predicted molar refractivity (Wildman–Crippen MR) is 105 cm³/mol. The number of halogens is 2. The molecule has 1 N–H and O–H groups in total. The second kappa shape index (κ2) is 8.17. The molecular weight excluding hydrogens is 367 g/mol. The molecule has 0 saturated carbocycles. The normalized spacial score (nSPS) is 16.4. The van der Waals surface area contributed by atoms with Gasteiger partial charge in [-0.2, -0.15) is 0 Å². The van der Waals surface area contributed by atoms with E-state index in [9.17, 15) is 4.39 Å². The standard InChI is InChI=1S/C20H20ClFN4O/c21-15-4-5-17-18(11-15)24-13-25-20(17)23-12-19(26-6-8-27-9-7-26)14-2-1-3-16(22)10-14/h1-5,10-11,13,19H,6-9,12H2,(H,23,24,25). The van der Waals surface area contributed by atoms with Crippen molar-refractivity contribution in [3.63, 3.8) is 0 Å². The first-order chi connectivity index (χ1) is 13.2. The number of aromatic nitrogens is 2. The highest BCUT2D eigenvalue weighted by molar-refractivity contribution is 6.31. The first-order valence-electron chi connectivity index (χ1n) is 8.92. The number of fused-ring (bicyclic) bond motifs is 1. The van der Waals surface area contributed by atoms with Gasteiger partial charge in [-0.25, -0.2) is 14.4 Å². The zero-order valence-corrected chi connectivity index (χ0v) is 15.5. The van der Waals surface area contributed by atoms with Crippen molar-refractivity contribution in [2.75, 3.05) is 38.2 Å². The fraction of sp³-hybridized carbons (Fsp3) is 0.300. The first kappa shape index (κ1) is 18.1. The summed E-state index contributed by atoms with van der Waals surface area (Å²) in [5.74, 6) is 0.513. The lowest BCUT2D eigenvalue weighted by atomic mass is 10.0. The number of hydrogen-bond donors (Lipinski definition) is 1. The van der Waals surface area contributed by atoms with Gasteiger partial charge < -0.3 is 10.1 Å². The molecule has 1 aliphatic rings. The van der Waals surface area contributed by atoms with Crippen LogP contribution >= 0.6 is 11.6 Å². The van der Waals surface area contributed by atoms with Crippen molar-refractivity contribution in [3.05, 3.63) is 65.2 Å². The lowest BCUT2D eigenvalue weighted by Crippen LogP contribution is -2.41. The third-order valence-electron chi connectivity index (χ3n) is 4.78. The zero-order chi connectivity index (χ0) is 18.6. The van der Waals surface area contributed by atoms with Crippen LogP contribution in [0.4, 0.5) is 10.2 Å². The number of anilines is 1. The lowest BCUT2D eigenvalue weighted by Gasteiger charge is -2.35. The Labute approximate surface area is 162 Å². The van der Waals surface area contributed by atoms with E-state index >= 15 is 0 Å². The number of rotatable bonds is 5. The summed E-state index contributed by atoms with van der Waals surface area (Å²) in [4.78, 5) is 11.0. The molecule has 0 radical (unpaired) electrons. The van der Waals surface area contributed by atoms with Crippen LogP contribution in [-0.2, 0) is 4.74 Å². The molecule has 1 unspecified atom stereocenters. The van der Waals surface area contributed by atoms with Gasteiger partial charge >= 0.3 is 0 Å². The molecule has 7 heteroatoms. The molecule has 2 heterocycles. The highest BCUT2D eigenvalue weighted by Gasteiger charge is 2.23. The Bertz CT molecular complexity index is 933. The lowest BCUT2D eigenvalue weighted by molar-refractivity contribution is 0.0186. The molecule has 27 heavy (non-hydrogen) atoms. The molecule has 0 spiro atoms. The molecule has 4 rings (SSSR count). The van der Waals surface area contributed by atoms with E-state index in [4.69, 9.17) is 16.3 Å². The predicted octanol–water partition coefficient (Wildman–Crippen LogP) is 3.91. The van der Waals surface area contributed by atoms with Crippen molar-refractivity contribution < 1.29 is 9.13 Å². The van der Waals surface area contributed by atoms with Crippen LogP contribution < -0.4 is 5.32 Å². The maximum atomic E-state index is 13.8. The zero-order valence-electron chi connectivity index (χ0n) is 14.7. The van der Waals surface area contributed by atoms with E-state index < -0.39 is 0 Å². The second-order valence-electron chi connectivity index (χ2n) is 6.48. The third-order valence-corrected chi connectivity index (χ3v) is 5.02. The Morgan fingerprint density at radius 1 is 1.15 bits per heavy atom. The largest absolute Gasteiger partial charge is 0.379 e. The molecule has 1 aromatic heterocycles. The van der Waals surface area contributed by atoms with E-state index in [2.05, 4.69) is 20.2 Å². The molecule has 2 aromatic carbocycles. The van der Waals surface area contributed by atoms with Crippen LogP contribution in [0.1, 0.15) is 11.6 Å². The molecule has 1 saturated heterocycles. The van der Waals surface area contributed by atoms with Gasteiger partial charge in [-0.15, -0.1) is 0 Å². The van der Waals surface area contributed by atoms with Crippen molar-refractivity contribution >= 4 is 28.3 Å². The number of ether oxygens (including phenoxy) is 1. The minimum atomic E-state index is -0.229. The second-order valence-corrected chi connectivity index (χ2v) is 6.92. The Morgan fingerprint density at radius 3 is 2.81 bits per heavy atom. The van der Waals surface area contributed by atoms with E-state index in [1.165, 1.54) is 12.4 Å². The summed E-state index contributed by atoms with van der Waals surface area (Å²) < 4.78 is 19.3. The first-order valence-corrected chi connectivity index (χ1v) is 9.30. The van der Waals surface area contributed by atoms with Gasteiger partial charge in [0.15, 0.2) is 0 Å². The fourth-order valence-electron chi connectivity index (χ4n) is 3.43. The van der Waals surface area contributed by atoms with Crippen LogP contribution in [0.25, 0.3) is 10.9 Å². The number of hydrogen-bond acceptors (Lipinski definition) is 5. The minimum Gasteiger partial charge on any atom is -0.379 e. The molecular formula is C20H20ClFN4O. The summed E-state index contributed by atoms with van der Waals surface area (Å²) in [7, 11) is 0. The van der Waals surface area contributed by atoms with E-state index in [-0.39, 0.29) is 11.9 Å². The van der Waals surface area contributed by atoms with Crippen LogP contribution in [0.2, 0.25) is 5.02 Å². The van der Waals surface area contributed by atoms with Gasteiger partial charge in [-0.3, -0.25) is 4.90 Å². The van der Waals surface area contributed by atoms with Gasteiger partial charge in [0.2, 0.25) is 0 Å². The average molecular weight is 387 g/mol. The third kappa shape index (κ3) is 4.18. The van der Waals surface area contributed by atoms with Crippen LogP contribution in [-0.4, -0.2) is 47.7 Å². The molecule has 5 nitrogen and oxygen atoms in total. The highest BCUT2D eigenvalue weighted by atomic mass is 35.5. The van der Waals surface area contributed by atoms with Gasteiger partial charge in [0, 0.05) is 30.0 Å². The fourth-order valence-corrected chi connectivity index (χ4v) is 3.59. The molecule has 1 fully saturated rings. The van der Waals surface area contributed by atoms with Gasteiger partial charge in [-0.1, -0.05) is 23.7 Å². The minimum absolute atomic E-state index is 0.0157. The summed E-state index contributed by atoms with van der Waals surface area (Å²) in [5.41, 5.74) is 1.72. The van der Waals surface area contributed by atoms with Crippen LogP contribution in [0, 0.1) is 5.82 Å². The topological polar surface area (TPSA) is 50.3 Å². The summed E-state index contributed by atoms with van der Waals surface area (Å²) in [6.07, 6.45) is 1.52. The summed E-state index contributed by atoms with van der Waals surface area (Å²) >= 11 is 6.06. The van der Waals surface area contributed by atoms with Gasteiger partial charge in [0.1, 0.15) is 18.0 Å². The SMILES string of the molecule is Fc1cccc(C(CNc2ncnc3cc(Cl)ccc23)N2CCOCC2)c1. The van der Waals surface area contributed by atoms with E-state index in [0.29, 0.717) is 24.8 Å². The summed E-state index contributed by atoms with van der Waals surface area (Å²) in [6.45, 7) is 3.58. The van der Waals surface area contributed by atoms with Crippen LogP contribution in [0.15, 0.2) is 48.8 Å². The van der Waals surface area contributed by atoms with Crippen molar-refractivity contribution in [2.45, 2.75) is 6.04 Å². The molecule has 140 valence electrons. The molecule has 0 aliphatic carbocycles. The maximum Gasteiger partial charge on any atom is 0.137 e. The van der Waals surface area contributed by atoms with E-state index in [1.807, 2.05) is 24.3 Å². The van der Waals surface area contributed by atoms with Crippen molar-refractivity contribution in [1.29, 1.82) is 0 Å². The van der Waals surface area contributed by atoms with Gasteiger partial charge in [0.05, 0.1) is 24.8 Å². The number of morpholine rings is 1. The van der Waals surface area contributed by atoms with E-state index in [0.717, 1.165) is 35.4 Å². The number of benzene rings is 2. The Morgan fingerprint density at radius 2 is 2.00 bits per heavy atom. The van der Waals surface area contributed by atoms with E-state index in [1.54, 1.807) is 12.1 Å². The van der Waals surface area contributed by atoms with Crippen LogP contribution in [0.5, 0.6) is 0 Å². The van der Waals surface area contributed by atoms with Gasteiger partial charge in [-0.05, 0) is 35.9 Å². The molecule has 0 bridgehead atoms. The molecule has 1 aliphatic heterocycles. The quantitative estimate of drug-likeness (QED) is 0.720. The maximum absolute atomic E-state index is 13.8. The Hall–Kier alpha value is -2.28. The Kier molecular flexibility index (Phi) is 5.48. The Balaban J connectivity index is 1.60. The van der Waals surface area contributed by atoms with Crippen molar-refractivity contribution in [2.24, 2.45) is 0 Å². The number of nitrogens with zero attached hydrogens (tertiary/aromatic N) is 3. The average Bonchev–Trinajstić information content (AvgIpc) is 2.69. The van der Waals surface area contributed by atoms with Crippen LogP contribution in [0.3, 0.4) is 0 Å². The molecule has 1 atom stereocenters. The van der Waals surface area contributed by atoms with Crippen molar-refractivity contribution in [1.82, 2.24) is 14.9 Å². The summed E-state index contributed by atoms with van der Waals surface area (Å²) in [5, 5.41) is 4.96. The van der Waals surface area contributed by atoms with Crippen molar-refractivity contribution in [3.8, 4) is 0 Å². The van der Waals surface area contributed by atoms with Gasteiger partial charge in [0.25, 0.3) is 0 Å². The molecule has 0 amide bonds. The highest BCUT2D eigenvalue weighted by Crippen LogP contribution is 2.26.